The van der Waals surface area contributed by atoms with Crippen LogP contribution in [-0.4, -0.2) is 24.5 Å². The van der Waals surface area contributed by atoms with Gasteiger partial charge in [-0.05, 0) is 19.4 Å². The van der Waals surface area contributed by atoms with Crippen molar-refractivity contribution in [1.29, 1.82) is 0 Å². The molecule has 1 aromatic heterocycles. The van der Waals surface area contributed by atoms with Crippen molar-refractivity contribution < 1.29 is 8.42 Å². The summed E-state index contributed by atoms with van der Waals surface area (Å²) in [6.07, 6.45) is 1.25. The topological polar surface area (TPSA) is 78.0 Å². The maximum absolute atomic E-state index is 11.8. The van der Waals surface area contributed by atoms with Gasteiger partial charge in [0, 0.05) is 24.9 Å². The van der Waals surface area contributed by atoms with Crippen molar-refractivity contribution >= 4 is 15.7 Å². The van der Waals surface area contributed by atoms with Crippen LogP contribution in [0.15, 0.2) is 30.3 Å². The molecule has 0 saturated heterocycles. The van der Waals surface area contributed by atoms with Crippen LogP contribution >= 0.6 is 0 Å². The molecule has 2 N–H and O–H groups in total. The molecule has 0 saturated carbocycles. The van der Waals surface area contributed by atoms with Crippen molar-refractivity contribution in [2.45, 2.75) is 18.6 Å². The zero-order valence-electron chi connectivity index (χ0n) is 12.1. The van der Waals surface area contributed by atoms with Gasteiger partial charge in [0.15, 0.2) is 9.84 Å². The van der Waals surface area contributed by atoms with E-state index in [2.05, 4.69) is 5.10 Å². The Morgan fingerprint density at radius 3 is 2.15 bits per heavy atom. The van der Waals surface area contributed by atoms with Crippen LogP contribution in [0.1, 0.15) is 19.4 Å². The molecular formula is C14H19N3O2S. The van der Waals surface area contributed by atoms with Crippen LogP contribution in [0, 0.1) is 0 Å². The molecule has 0 aliphatic heterocycles. The second-order valence-corrected chi connectivity index (χ2v) is 8.00. The monoisotopic (exact) mass is 293 g/mol. The summed E-state index contributed by atoms with van der Waals surface area (Å²) in [6.45, 7) is 3.41. The lowest BCUT2D eigenvalue weighted by Gasteiger charge is -2.23. The van der Waals surface area contributed by atoms with E-state index in [0.29, 0.717) is 5.82 Å². The fraction of sp³-hybridized carbons (Fsp3) is 0.357. The fourth-order valence-electron chi connectivity index (χ4n) is 1.88. The van der Waals surface area contributed by atoms with Crippen molar-refractivity contribution in [3.63, 3.8) is 0 Å². The lowest BCUT2D eigenvalue weighted by atomic mass is 10.00. The SMILES string of the molecule is Cn1nc(-c2ccc(C(C)(C)S(C)(=O)=O)cc2)cc1N. The van der Waals surface area contributed by atoms with Crippen molar-refractivity contribution in [1.82, 2.24) is 9.78 Å². The van der Waals surface area contributed by atoms with Crippen LogP contribution in [0.2, 0.25) is 0 Å². The quantitative estimate of drug-likeness (QED) is 0.938. The van der Waals surface area contributed by atoms with Gasteiger partial charge in [-0.2, -0.15) is 5.10 Å². The number of sulfone groups is 1. The summed E-state index contributed by atoms with van der Waals surface area (Å²) in [7, 11) is -1.40. The molecule has 2 rings (SSSR count). The highest BCUT2D eigenvalue weighted by Gasteiger charge is 2.32. The van der Waals surface area contributed by atoms with E-state index in [0.717, 1.165) is 16.8 Å². The standard InChI is InChI=1S/C14H19N3O2S/c1-14(2,20(4,18)19)11-7-5-10(6-8-11)12-9-13(15)17(3)16-12/h5-9H,15H2,1-4H3. The Morgan fingerprint density at radius 2 is 1.75 bits per heavy atom. The third-order valence-corrected chi connectivity index (χ3v) is 5.81. The molecule has 1 heterocycles. The predicted octanol–water partition coefficient (Wildman–Crippen LogP) is 1.95. The lowest BCUT2D eigenvalue weighted by molar-refractivity contribution is 0.561. The highest BCUT2D eigenvalue weighted by molar-refractivity contribution is 7.91. The van der Waals surface area contributed by atoms with E-state index in [-0.39, 0.29) is 0 Å². The predicted molar refractivity (Wildman–Crippen MR) is 80.9 cm³/mol. The summed E-state index contributed by atoms with van der Waals surface area (Å²) in [5.74, 6) is 0.584. The summed E-state index contributed by atoms with van der Waals surface area (Å²) < 4.78 is 24.3. The highest BCUT2D eigenvalue weighted by Crippen LogP contribution is 2.30. The van der Waals surface area contributed by atoms with E-state index in [4.69, 9.17) is 5.73 Å². The molecule has 0 bridgehead atoms. The third-order valence-electron chi connectivity index (χ3n) is 3.72. The van der Waals surface area contributed by atoms with E-state index in [1.807, 2.05) is 24.3 Å². The van der Waals surface area contributed by atoms with Gasteiger partial charge in [0.05, 0.1) is 10.4 Å². The molecule has 2 aromatic rings. The van der Waals surface area contributed by atoms with Gasteiger partial charge in [0.2, 0.25) is 0 Å². The van der Waals surface area contributed by atoms with Gasteiger partial charge in [0.25, 0.3) is 0 Å². The number of aromatic nitrogens is 2. The lowest BCUT2D eigenvalue weighted by Crippen LogP contribution is -2.27. The van der Waals surface area contributed by atoms with Crippen molar-refractivity contribution in [2.75, 3.05) is 12.0 Å². The average molecular weight is 293 g/mol. The molecule has 5 nitrogen and oxygen atoms in total. The van der Waals surface area contributed by atoms with Gasteiger partial charge < -0.3 is 5.73 Å². The number of benzene rings is 1. The second kappa shape index (κ2) is 4.63. The Hall–Kier alpha value is -1.82. The number of aryl methyl sites for hydroxylation is 1. The first-order valence-electron chi connectivity index (χ1n) is 6.23. The zero-order valence-corrected chi connectivity index (χ0v) is 12.9. The minimum atomic E-state index is -3.18. The van der Waals surface area contributed by atoms with E-state index < -0.39 is 14.6 Å². The first kappa shape index (κ1) is 14.6. The highest BCUT2D eigenvalue weighted by atomic mass is 32.2. The number of anilines is 1. The Kier molecular flexibility index (Phi) is 3.37. The molecule has 0 amide bonds. The molecule has 0 radical (unpaired) electrons. The zero-order chi connectivity index (χ0) is 15.1. The summed E-state index contributed by atoms with van der Waals surface area (Å²) in [6, 6.07) is 9.16. The Bertz CT molecular complexity index is 709. The van der Waals surface area contributed by atoms with Crippen molar-refractivity contribution in [2.24, 2.45) is 7.05 Å². The van der Waals surface area contributed by atoms with Gasteiger partial charge in [-0.1, -0.05) is 24.3 Å². The molecular weight excluding hydrogens is 274 g/mol. The van der Waals surface area contributed by atoms with Crippen LogP contribution in [0.3, 0.4) is 0 Å². The van der Waals surface area contributed by atoms with Crippen LogP contribution in [0.4, 0.5) is 5.82 Å². The summed E-state index contributed by atoms with van der Waals surface area (Å²) in [5, 5.41) is 4.29. The van der Waals surface area contributed by atoms with Gasteiger partial charge in [0.1, 0.15) is 5.82 Å². The molecule has 0 spiro atoms. The van der Waals surface area contributed by atoms with Gasteiger partial charge in [-0.3, -0.25) is 4.68 Å². The Balaban J connectivity index is 2.41. The Labute approximate surface area is 119 Å². The summed E-state index contributed by atoms with van der Waals surface area (Å²) in [4.78, 5) is 0. The van der Waals surface area contributed by atoms with Crippen molar-refractivity contribution in [3.05, 3.63) is 35.9 Å². The van der Waals surface area contributed by atoms with Crippen LogP contribution in [-0.2, 0) is 21.6 Å². The van der Waals surface area contributed by atoms with Gasteiger partial charge in [-0.25, -0.2) is 8.42 Å². The minimum Gasteiger partial charge on any atom is -0.384 e. The second-order valence-electron chi connectivity index (χ2n) is 5.44. The van der Waals surface area contributed by atoms with Gasteiger partial charge in [-0.15, -0.1) is 0 Å². The number of nitrogens with zero attached hydrogens (tertiary/aromatic N) is 2. The molecule has 0 aliphatic carbocycles. The first-order valence-corrected chi connectivity index (χ1v) is 8.12. The van der Waals surface area contributed by atoms with E-state index in [9.17, 15) is 8.42 Å². The van der Waals surface area contributed by atoms with E-state index in [1.165, 1.54) is 6.26 Å². The molecule has 0 fully saturated rings. The molecule has 0 unspecified atom stereocenters. The smallest absolute Gasteiger partial charge is 0.156 e. The number of nitrogen functional groups attached to an aromatic ring is 1. The molecule has 20 heavy (non-hydrogen) atoms. The van der Waals surface area contributed by atoms with E-state index >= 15 is 0 Å². The summed E-state index contributed by atoms with van der Waals surface area (Å²) >= 11 is 0. The number of hydrogen-bond donors (Lipinski definition) is 1. The average Bonchev–Trinajstić information content (AvgIpc) is 2.68. The molecule has 1 aromatic carbocycles. The third kappa shape index (κ3) is 2.43. The maximum atomic E-state index is 11.8. The largest absolute Gasteiger partial charge is 0.384 e. The van der Waals surface area contributed by atoms with Crippen LogP contribution in [0.5, 0.6) is 0 Å². The normalized spacial score (nSPS) is 12.6. The van der Waals surface area contributed by atoms with Crippen LogP contribution < -0.4 is 5.73 Å². The molecule has 6 heteroatoms. The fourth-order valence-corrected chi connectivity index (χ4v) is 2.44. The van der Waals surface area contributed by atoms with Crippen molar-refractivity contribution in [3.8, 4) is 11.3 Å². The Morgan fingerprint density at radius 1 is 1.20 bits per heavy atom. The van der Waals surface area contributed by atoms with E-state index in [1.54, 1.807) is 31.6 Å². The summed E-state index contributed by atoms with van der Waals surface area (Å²) in [5.41, 5.74) is 8.19. The number of nitrogens with two attached hydrogens (primary N) is 1. The molecule has 108 valence electrons. The molecule has 0 aliphatic rings. The number of hydrogen-bond acceptors (Lipinski definition) is 4. The maximum Gasteiger partial charge on any atom is 0.156 e. The van der Waals surface area contributed by atoms with Crippen LogP contribution in [0.25, 0.3) is 11.3 Å². The minimum absolute atomic E-state index is 0.584. The number of rotatable bonds is 3. The molecule has 0 atom stereocenters. The van der Waals surface area contributed by atoms with Gasteiger partial charge >= 0.3 is 0 Å². The first-order chi connectivity index (χ1) is 9.13.